The Balaban J connectivity index is 2.12. The third kappa shape index (κ3) is 3.20. The van der Waals surface area contributed by atoms with Crippen LogP contribution in [0.2, 0.25) is 0 Å². The van der Waals surface area contributed by atoms with Gasteiger partial charge in [0.25, 0.3) is 0 Å². The average Bonchev–Trinajstić information content (AvgIpc) is 2.47. The van der Waals surface area contributed by atoms with Gasteiger partial charge in [-0.1, -0.05) is 0 Å². The van der Waals surface area contributed by atoms with Crippen molar-refractivity contribution in [3.05, 3.63) is 0 Å². The fourth-order valence-electron chi connectivity index (χ4n) is 2.98. The second-order valence-electron chi connectivity index (χ2n) is 6.18. The van der Waals surface area contributed by atoms with Gasteiger partial charge in [0.05, 0.1) is 11.5 Å². The summed E-state index contributed by atoms with van der Waals surface area (Å²) in [4.78, 5) is 2.41. The summed E-state index contributed by atoms with van der Waals surface area (Å²) in [6, 6.07) is 0.705. The summed E-state index contributed by atoms with van der Waals surface area (Å²) in [6.07, 6.45) is 1.91. The van der Waals surface area contributed by atoms with Crippen LogP contribution < -0.4 is 5.32 Å². The van der Waals surface area contributed by atoms with Gasteiger partial charge in [-0.3, -0.25) is 4.90 Å². The Kier molecular flexibility index (Phi) is 3.54. The normalized spacial score (nSPS) is 37.8. The van der Waals surface area contributed by atoms with Gasteiger partial charge in [0.15, 0.2) is 9.84 Å². The van der Waals surface area contributed by atoms with Crippen LogP contribution >= 0.6 is 0 Å². The molecule has 0 amide bonds. The van der Waals surface area contributed by atoms with E-state index in [-0.39, 0.29) is 11.6 Å². The van der Waals surface area contributed by atoms with Gasteiger partial charge in [0.2, 0.25) is 0 Å². The van der Waals surface area contributed by atoms with Crippen molar-refractivity contribution >= 4 is 9.84 Å². The summed E-state index contributed by atoms with van der Waals surface area (Å²) in [5, 5.41) is 3.53. The van der Waals surface area contributed by atoms with E-state index in [0.29, 0.717) is 17.5 Å². The van der Waals surface area contributed by atoms with E-state index >= 15 is 0 Å². The topological polar surface area (TPSA) is 49.4 Å². The molecule has 2 atom stereocenters. The molecule has 0 saturated carbocycles. The molecule has 2 aliphatic heterocycles. The molecular formula is C12H24N2O2S. The smallest absolute Gasteiger partial charge is 0.151 e. The van der Waals surface area contributed by atoms with Crippen molar-refractivity contribution in [1.82, 2.24) is 10.2 Å². The Morgan fingerprint density at radius 1 is 1.29 bits per heavy atom. The van der Waals surface area contributed by atoms with Gasteiger partial charge in [0, 0.05) is 24.2 Å². The van der Waals surface area contributed by atoms with Gasteiger partial charge >= 0.3 is 0 Å². The molecule has 5 heteroatoms. The van der Waals surface area contributed by atoms with E-state index in [0.717, 1.165) is 25.9 Å². The highest BCUT2D eigenvalue weighted by molar-refractivity contribution is 7.91. The molecule has 2 heterocycles. The lowest BCUT2D eigenvalue weighted by molar-refractivity contribution is 0.135. The maximum Gasteiger partial charge on any atom is 0.151 e. The zero-order valence-corrected chi connectivity index (χ0v) is 11.9. The molecule has 2 saturated heterocycles. The minimum absolute atomic E-state index is 0.0805. The maximum atomic E-state index is 11.6. The van der Waals surface area contributed by atoms with Gasteiger partial charge in [-0.15, -0.1) is 0 Å². The van der Waals surface area contributed by atoms with Gasteiger partial charge in [0.1, 0.15) is 0 Å². The molecule has 100 valence electrons. The van der Waals surface area contributed by atoms with Crippen LogP contribution in [-0.4, -0.2) is 55.5 Å². The van der Waals surface area contributed by atoms with E-state index in [1.54, 1.807) is 0 Å². The molecule has 0 aromatic heterocycles. The zero-order chi connectivity index (χ0) is 12.7. The van der Waals surface area contributed by atoms with Gasteiger partial charge < -0.3 is 5.32 Å². The molecule has 0 radical (unpaired) electrons. The minimum Gasteiger partial charge on any atom is -0.310 e. The number of hydrogen-bond donors (Lipinski definition) is 1. The highest BCUT2D eigenvalue weighted by Gasteiger charge is 2.37. The van der Waals surface area contributed by atoms with Crippen LogP contribution in [0.3, 0.4) is 0 Å². The second kappa shape index (κ2) is 4.52. The van der Waals surface area contributed by atoms with E-state index in [1.807, 2.05) is 0 Å². The highest BCUT2D eigenvalue weighted by atomic mass is 32.2. The molecule has 0 spiro atoms. The van der Waals surface area contributed by atoms with Crippen molar-refractivity contribution in [1.29, 1.82) is 0 Å². The molecule has 4 nitrogen and oxygen atoms in total. The van der Waals surface area contributed by atoms with Crippen molar-refractivity contribution in [2.75, 3.05) is 24.6 Å². The first kappa shape index (κ1) is 13.3. The Morgan fingerprint density at radius 2 is 2.00 bits per heavy atom. The molecular weight excluding hydrogens is 236 g/mol. The molecule has 2 fully saturated rings. The Hall–Kier alpha value is -0.130. The Morgan fingerprint density at radius 3 is 2.59 bits per heavy atom. The first-order valence-corrected chi connectivity index (χ1v) is 8.32. The van der Waals surface area contributed by atoms with E-state index in [9.17, 15) is 8.42 Å². The third-order valence-corrected chi connectivity index (χ3v) is 5.74. The number of nitrogens with zero attached hydrogens (tertiary/aromatic N) is 1. The number of nitrogens with one attached hydrogen (secondary N) is 1. The lowest BCUT2D eigenvalue weighted by atomic mass is 10.0. The van der Waals surface area contributed by atoms with Crippen LogP contribution in [0.25, 0.3) is 0 Å². The SMILES string of the molecule is CC1CCNC(C)(C)CN1C1CCS(=O)(=O)C1. The predicted octanol–water partition coefficient (Wildman–Crippen LogP) is 0.636. The maximum absolute atomic E-state index is 11.6. The quantitative estimate of drug-likeness (QED) is 0.751. The molecule has 0 aromatic rings. The first-order valence-electron chi connectivity index (χ1n) is 6.50. The van der Waals surface area contributed by atoms with Crippen LogP contribution in [0.15, 0.2) is 0 Å². The number of hydrogen-bond acceptors (Lipinski definition) is 4. The van der Waals surface area contributed by atoms with Crippen LogP contribution in [0.5, 0.6) is 0 Å². The van der Waals surface area contributed by atoms with E-state index in [4.69, 9.17) is 0 Å². The van der Waals surface area contributed by atoms with Gasteiger partial charge in [-0.25, -0.2) is 8.42 Å². The number of sulfone groups is 1. The van der Waals surface area contributed by atoms with Crippen molar-refractivity contribution in [3.8, 4) is 0 Å². The zero-order valence-electron chi connectivity index (χ0n) is 11.1. The summed E-state index contributed by atoms with van der Waals surface area (Å²) in [6.45, 7) is 8.56. The highest BCUT2D eigenvalue weighted by Crippen LogP contribution is 2.24. The van der Waals surface area contributed by atoms with Crippen LogP contribution in [0.1, 0.15) is 33.6 Å². The van der Waals surface area contributed by atoms with Gasteiger partial charge in [-0.05, 0) is 40.2 Å². The largest absolute Gasteiger partial charge is 0.310 e. The lowest BCUT2D eigenvalue weighted by Crippen LogP contribution is -2.51. The van der Waals surface area contributed by atoms with E-state index < -0.39 is 9.84 Å². The van der Waals surface area contributed by atoms with Crippen molar-refractivity contribution in [2.24, 2.45) is 0 Å². The average molecular weight is 260 g/mol. The molecule has 0 bridgehead atoms. The lowest BCUT2D eigenvalue weighted by Gasteiger charge is -2.36. The summed E-state index contributed by atoms with van der Waals surface area (Å²) in [5.41, 5.74) is 0.0805. The van der Waals surface area contributed by atoms with Crippen molar-refractivity contribution < 1.29 is 8.42 Å². The third-order valence-electron chi connectivity index (χ3n) is 3.99. The summed E-state index contributed by atoms with van der Waals surface area (Å²) >= 11 is 0. The first-order chi connectivity index (χ1) is 7.79. The van der Waals surface area contributed by atoms with E-state index in [1.165, 1.54) is 0 Å². The van der Waals surface area contributed by atoms with Crippen LogP contribution in [0.4, 0.5) is 0 Å². The van der Waals surface area contributed by atoms with Crippen molar-refractivity contribution in [3.63, 3.8) is 0 Å². The molecule has 1 N–H and O–H groups in total. The fourth-order valence-corrected chi connectivity index (χ4v) is 4.72. The molecule has 0 aliphatic carbocycles. The Labute approximate surface area is 105 Å². The van der Waals surface area contributed by atoms with E-state index in [2.05, 4.69) is 31.0 Å². The summed E-state index contributed by atoms with van der Waals surface area (Å²) in [5.74, 6) is 0.724. The van der Waals surface area contributed by atoms with Crippen molar-refractivity contribution in [2.45, 2.75) is 51.2 Å². The molecule has 2 unspecified atom stereocenters. The molecule has 0 aromatic carbocycles. The standard InChI is InChI=1S/C12H24N2O2S/c1-10-4-6-13-12(2,3)9-14(10)11-5-7-17(15,16)8-11/h10-11,13H,4-9H2,1-3H3. The summed E-state index contributed by atoms with van der Waals surface area (Å²) < 4.78 is 23.2. The molecule has 2 rings (SSSR count). The second-order valence-corrected chi connectivity index (χ2v) is 8.41. The Bertz CT molecular complexity index is 378. The monoisotopic (exact) mass is 260 g/mol. The molecule has 17 heavy (non-hydrogen) atoms. The number of rotatable bonds is 1. The van der Waals surface area contributed by atoms with Gasteiger partial charge in [-0.2, -0.15) is 0 Å². The molecule has 2 aliphatic rings. The summed E-state index contributed by atoms with van der Waals surface area (Å²) in [7, 11) is -2.78. The minimum atomic E-state index is -2.78. The van der Waals surface area contributed by atoms with Crippen LogP contribution in [-0.2, 0) is 9.84 Å². The van der Waals surface area contributed by atoms with Crippen LogP contribution in [0, 0.1) is 0 Å². The predicted molar refractivity (Wildman–Crippen MR) is 69.9 cm³/mol. The fraction of sp³-hybridized carbons (Fsp3) is 1.00.